The van der Waals surface area contributed by atoms with E-state index in [0.717, 1.165) is 11.1 Å². The van der Waals surface area contributed by atoms with Crippen molar-refractivity contribution in [3.05, 3.63) is 59.7 Å². The zero-order chi connectivity index (χ0) is 15.1. The molecule has 0 aromatic heterocycles. The maximum atomic E-state index is 9.28. The van der Waals surface area contributed by atoms with Gasteiger partial charge in [-0.1, -0.05) is 64.1 Å². The van der Waals surface area contributed by atoms with Crippen LogP contribution in [0.25, 0.3) is 0 Å². The molecule has 133 valence electrons. The Morgan fingerprint density at radius 1 is 0.609 bits per heavy atom. The largest absolute Gasteiger partial charge is 0.508 e. The number of phenolic OH excluding ortho intramolecular Hbond substituents is 2. The average Bonchev–Trinajstić information content (AvgIpc) is 2.40. The van der Waals surface area contributed by atoms with Crippen LogP contribution in [0.4, 0.5) is 0 Å². The van der Waals surface area contributed by atoms with E-state index >= 15 is 0 Å². The zero-order valence-electron chi connectivity index (χ0n) is 14.0. The van der Waals surface area contributed by atoms with Gasteiger partial charge in [0.1, 0.15) is 11.5 Å². The van der Waals surface area contributed by atoms with Crippen molar-refractivity contribution < 1.29 is 37.9 Å². The summed E-state index contributed by atoms with van der Waals surface area (Å²) in [6.45, 7) is 8.26. The summed E-state index contributed by atoms with van der Waals surface area (Å²) in [6, 6.07) is 14.9. The van der Waals surface area contributed by atoms with Crippen molar-refractivity contribution in [1.29, 1.82) is 0 Å². The molecule has 0 amide bonds. The quantitative estimate of drug-likeness (QED) is 0.850. The summed E-state index contributed by atoms with van der Waals surface area (Å²) < 4.78 is 0. The summed E-state index contributed by atoms with van der Waals surface area (Å²) in [6.07, 6.45) is 0. The molecule has 0 saturated carbocycles. The Kier molecular flexibility index (Phi) is 14.9. The molecule has 0 aliphatic rings. The van der Waals surface area contributed by atoms with Gasteiger partial charge in [-0.25, -0.2) is 0 Å². The molecule has 0 aliphatic heterocycles. The molecule has 0 atom stereocenters. The molecule has 2 rings (SSSR count). The van der Waals surface area contributed by atoms with Crippen molar-refractivity contribution in [2.45, 2.75) is 39.5 Å². The Balaban J connectivity index is -0.000000308. The van der Waals surface area contributed by atoms with E-state index < -0.39 is 0 Å². The summed E-state index contributed by atoms with van der Waals surface area (Å²) in [5, 5.41) is 18.6. The van der Waals surface area contributed by atoms with Crippen molar-refractivity contribution in [2.75, 3.05) is 0 Å². The molecule has 0 unspecified atom stereocenters. The fourth-order valence-electron chi connectivity index (χ4n) is 1.95. The van der Waals surface area contributed by atoms with Crippen LogP contribution >= 0.6 is 0 Å². The molecule has 0 heterocycles. The Morgan fingerprint density at radius 2 is 0.870 bits per heavy atom. The third-order valence-corrected chi connectivity index (χ3v) is 3.12. The summed E-state index contributed by atoms with van der Waals surface area (Å²) in [5.74, 6) is 1.61. The van der Waals surface area contributed by atoms with Gasteiger partial charge in [-0.15, -0.1) is 0 Å². The Morgan fingerprint density at radius 3 is 1.04 bits per heavy atom. The van der Waals surface area contributed by atoms with Crippen LogP contribution in [0.1, 0.15) is 50.7 Å². The van der Waals surface area contributed by atoms with E-state index in [-0.39, 0.29) is 27.7 Å². The zero-order valence-corrected chi connectivity index (χ0v) is 15.0. The van der Waals surface area contributed by atoms with Gasteiger partial charge in [-0.05, 0) is 35.1 Å². The average molecular weight is 367 g/mol. The summed E-state index contributed by atoms with van der Waals surface area (Å²) in [4.78, 5) is 0. The second-order valence-corrected chi connectivity index (χ2v) is 5.43. The van der Waals surface area contributed by atoms with Crippen LogP contribution in [0.2, 0.25) is 0 Å². The molecular formula is C18H28CoO4. The number of benzene rings is 2. The molecule has 0 bridgehead atoms. The normalized spacial score (nSPS) is 8.96. The molecule has 2 aromatic rings. The second kappa shape index (κ2) is 13.0. The molecule has 2 aromatic carbocycles. The third-order valence-electron chi connectivity index (χ3n) is 3.12. The molecule has 23 heavy (non-hydrogen) atoms. The molecule has 0 aliphatic carbocycles. The topological polar surface area (TPSA) is 103 Å². The number of rotatable bonds is 2. The van der Waals surface area contributed by atoms with Crippen LogP contribution in [-0.2, 0) is 16.8 Å². The van der Waals surface area contributed by atoms with E-state index in [2.05, 4.69) is 27.7 Å². The van der Waals surface area contributed by atoms with Gasteiger partial charge in [0.25, 0.3) is 0 Å². The predicted octanol–water partition coefficient (Wildman–Crippen LogP) is 3.38. The van der Waals surface area contributed by atoms with Gasteiger partial charge in [-0.3, -0.25) is 0 Å². The number of para-hydroxylation sites is 2. The fourth-order valence-corrected chi connectivity index (χ4v) is 1.95. The van der Waals surface area contributed by atoms with Gasteiger partial charge in [0, 0.05) is 16.8 Å². The van der Waals surface area contributed by atoms with Crippen molar-refractivity contribution in [3.8, 4) is 11.5 Å². The number of hydrogen-bond donors (Lipinski definition) is 2. The van der Waals surface area contributed by atoms with E-state index in [4.69, 9.17) is 0 Å². The van der Waals surface area contributed by atoms with Crippen LogP contribution < -0.4 is 0 Å². The third kappa shape index (κ3) is 8.61. The van der Waals surface area contributed by atoms with Gasteiger partial charge in [-0.2, -0.15) is 0 Å². The minimum absolute atomic E-state index is 0. The molecule has 5 heteroatoms. The first kappa shape index (κ1) is 26.4. The number of hydrogen-bond acceptors (Lipinski definition) is 2. The molecule has 0 fully saturated rings. The van der Waals surface area contributed by atoms with Crippen LogP contribution in [0.5, 0.6) is 11.5 Å². The SMILES string of the molecule is CC(C)c1ccccc1O.CC(C)c1ccccc1O.O.O.[Co]. The smallest absolute Gasteiger partial charge is 0.119 e. The molecular weight excluding hydrogens is 339 g/mol. The molecule has 4 nitrogen and oxygen atoms in total. The first-order chi connectivity index (χ1) is 9.43. The molecule has 0 saturated heterocycles. The summed E-state index contributed by atoms with van der Waals surface area (Å²) >= 11 is 0. The van der Waals surface area contributed by atoms with Gasteiger partial charge in [0.15, 0.2) is 0 Å². The van der Waals surface area contributed by atoms with Crippen molar-refractivity contribution in [1.82, 2.24) is 0 Å². The van der Waals surface area contributed by atoms with Gasteiger partial charge in [0.05, 0.1) is 0 Å². The van der Waals surface area contributed by atoms with Gasteiger partial charge >= 0.3 is 0 Å². The van der Waals surface area contributed by atoms with Gasteiger partial charge < -0.3 is 21.2 Å². The Labute approximate surface area is 149 Å². The van der Waals surface area contributed by atoms with E-state index in [1.165, 1.54) is 0 Å². The monoisotopic (exact) mass is 367 g/mol. The minimum Gasteiger partial charge on any atom is -0.508 e. The van der Waals surface area contributed by atoms with E-state index in [1.807, 2.05) is 36.4 Å². The summed E-state index contributed by atoms with van der Waals surface area (Å²) in [7, 11) is 0. The molecule has 1 radical (unpaired) electrons. The van der Waals surface area contributed by atoms with E-state index in [1.54, 1.807) is 12.1 Å². The molecule has 0 spiro atoms. The van der Waals surface area contributed by atoms with Crippen LogP contribution in [-0.4, -0.2) is 21.2 Å². The first-order valence-electron chi connectivity index (χ1n) is 6.99. The maximum Gasteiger partial charge on any atom is 0.119 e. The van der Waals surface area contributed by atoms with Crippen LogP contribution in [0.15, 0.2) is 48.5 Å². The fraction of sp³-hybridized carbons (Fsp3) is 0.333. The first-order valence-corrected chi connectivity index (χ1v) is 6.99. The number of aromatic hydroxyl groups is 2. The second-order valence-electron chi connectivity index (χ2n) is 5.43. The Hall–Kier alpha value is -1.53. The standard InChI is InChI=1S/2C9H12O.Co.2H2O/c2*1-7(2)8-5-3-4-6-9(8)10;;;/h2*3-7,10H,1-2H3;;2*1H2. The van der Waals surface area contributed by atoms with Crippen LogP contribution in [0, 0.1) is 0 Å². The van der Waals surface area contributed by atoms with Crippen molar-refractivity contribution in [2.24, 2.45) is 0 Å². The van der Waals surface area contributed by atoms with Gasteiger partial charge in [0.2, 0.25) is 0 Å². The molecule has 6 N–H and O–H groups in total. The van der Waals surface area contributed by atoms with Crippen molar-refractivity contribution in [3.63, 3.8) is 0 Å². The van der Waals surface area contributed by atoms with E-state index in [9.17, 15) is 10.2 Å². The van der Waals surface area contributed by atoms with E-state index in [0.29, 0.717) is 23.3 Å². The Bertz CT molecular complexity index is 493. The minimum atomic E-state index is 0. The maximum absolute atomic E-state index is 9.28. The predicted molar refractivity (Wildman–Crippen MR) is 91.6 cm³/mol. The summed E-state index contributed by atoms with van der Waals surface area (Å²) in [5.41, 5.74) is 2.03. The van der Waals surface area contributed by atoms with Crippen molar-refractivity contribution >= 4 is 0 Å². The number of phenols is 2. The van der Waals surface area contributed by atoms with Crippen LogP contribution in [0.3, 0.4) is 0 Å².